The quantitative estimate of drug-likeness (QED) is 0.559. The molecule has 13 heavy (non-hydrogen) atoms. The molecule has 3 N–H and O–H groups in total. The molecule has 0 saturated carbocycles. The van der Waals surface area contributed by atoms with E-state index in [0.29, 0.717) is 6.54 Å². The van der Waals surface area contributed by atoms with Gasteiger partial charge >= 0.3 is 0 Å². The zero-order valence-electron chi connectivity index (χ0n) is 7.62. The summed E-state index contributed by atoms with van der Waals surface area (Å²) in [5.74, 6) is 0. The van der Waals surface area contributed by atoms with Gasteiger partial charge in [-0.15, -0.1) is 11.3 Å². The maximum atomic E-state index is 8.49. The third kappa shape index (κ3) is 5.00. The first-order chi connectivity index (χ1) is 6.43. The van der Waals surface area contributed by atoms with Gasteiger partial charge in [-0.05, 0) is 11.4 Å². The van der Waals surface area contributed by atoms with E-state index < -0.39 is 0 Å². The van der Waals surface area contributed by atoms with Gasteiger partial charge in [-0.3, -0.25) is 0 Å². The van der Waals surface area contributed by atoms with Gasteiger partial charge in [-0.1, -0.05) is 6.07 Å². The predicted octanol–water partition coefficient (Wildman–Crippen LogP) is 0.420. The number of aliphatic hydroxyl groups is 1. The van der Waals surface area contributed by atoms with E-state index in [0.717, 1.165) is 19.6 Å². The van der Waals surface area contributed by atoms with Crippen LogP contribution in [0.1, 0.15) is 4.88 Å². The zero-order chi connectivity index (χ0) is 9.36. The highest BCUT2D eigenvalue weighted by Crippen LogP contribution is 2.06. The summed E-state index contributed by atoms with van der Waals surface area (Å²) in [7, 11) is 0. The van der Waals surface area contributed by atoms with E-state index in [1.807, 2.05) is 0 Å². The summed E-state index contributed by atoms with van der Waals surface area (Å²) in [6.45, 7) is 3.69. The number of thiophene rings is 1. The van der Waals surface area contributed by atoms with Crippen molar-refractivity contribution in [3.63, 3.8) is 0 Å². The van der Waals surface area contributed by atoms with E-state index in [2.05, 4.69) is 28.1 Å². The van der Waals surface area contributed by atoms with E-state index in [-0.39, 0.29) is 6.61 Å². The Morgan fingerprint density at radius 2 is 2.08 bits per heavy atom. The van der Waals surface area contributed by atoms with Crippen molar-refractivity contribution < 1.29 is 5.11 Å². The smallest absolute Gasteiger partial charge is 0.0555 e. The van der Waals surface area contributed by atoms with Crippen molar-refractivity contribution >= 4 is 11.3 Å². The molecule has 1 aromatic rings. The van der Waals surface area contributed by atoms with Gasteiger partial charge < -0.3 is 15.7 Å². The van der Waals surface area contributed by atoms with Crippen LogP contribution in [0.2, 0.25) is 0 Å². The Balaban J connectivity index is 1.90. The van der Waals surface area contributed by atoms with Crippen molar-refractivity contribution in [1.29, 1.82) is 0 Å². The Bertz CT molecular complexity index is 201. The summed E-state index contributed by atoms with van der Waals surface area (Å²) in [5, 5.41) is 17.0. The normalized spacial score (nSPS) is 10.5. The van der Waals surface area contributed by atoms with Crippen LogP contribution in [0.25, 0.3) is 0 Å². The summed E-state index contributed by atoms with van der Waals surface area (Å²) in [6.07, 6.45) is 0. The second-order valence-electron chi connectivity index (χ2n) is 2.73. The maximum absolute atomic E-state index is 8.49. The molecule has 0 spiro atoms. The predicted molar refractivity (Wildman–Crippen MR) is 56.0 cm³/mol. The lowest BCUT2D eigenvalue weighted by Crippen LogP contribution is -2.28. The van der Waals surface area contributed by atoms with Crippen molar-refractivity contribution in [2.75, 3.05) is 26.2 Å². The molecule has 74 valence electrons. The lowest BCUT2D eigenvalue weighted by atomic mass is 10.4. The maximum Gasteiger partial charge on any atom is 0.0555 e. The molecule has 1 heterocycles. The van der Waals surface area contributed by atoms with Crippen molar-refractivity contribution in [2.45, 2.75) is 6.54 Å². The average molecular weight is 200 g/mol. The first kappa shape index (κ1) is 10.7. The van der Waals surface area contributed by atoms with Crippen LogP contribution in [0, 0.1) is 0 Å². The van der Waals surface area contributed by atoms with E-state index in [4.69, 9.17) is 5.11 Å². The lowest BCUT2D eigenvalue weighted by Gasteiger charge is -2.03. The minimum absolute atomic E-state index is 0.213. The third-order valence-corrected chi connectivity index (χ3v) is 2.52. The van der Waals surface area contributed by atoms with Crippen molar-refractivity contribution in [2.24, 2.45) is 0 Å². The van der Waals surface area contributed by atoms with Gasteiger partial charge in [0.25, 0.3) is 0 Å². The van der Waals surface area contributed by atoms with Gasteiger partial charge in [-0.2, -0.15) is 0 Å². The van der Waals surface area contributed by atoms with E-state index in [9.17, 15) is 0 Å². The number of nitrogens with one attached hydrogen (secondary N) is 2. The topological polar surface area (TPSA) is 44.3 Å². The Morgan fingerprint density at radius 1 is 1.23 bits per heavy atom. The van der Waals surface area contributed by atoms with Crippen LogP contribution < -0.4 is 10.6 Å². The van der Waals surface area contributed by atoms with E-state index in [1.165, 1.54) is 4.88 Å². The lowest BCUT2D eigenvalue weighted by molar-refractivity contribution is 0.292. The van der Waals surface area contributed by atoms with Gasteiger partial charge in [0.15, 0.2) is 0 Å². The molecule has 0 aliphatic carbocycles. The fraction of sp³-hybridized carbons (Fsp3) is 0.556. The molecular formula is C9H16N2OS. The van der Waals surface area contributed by atoms with E-state index in [1.54, 1.807) is 11.3 Å². The highest BCUT2D eigenvalue weighted by molar-refractivity contribution is 7.09. The molecule has 0 amide bonds. The highest BCUT2D eigenvalue weighted by atomic mass is 32.1. The Labute approximate surface area is 82.8 Å². The van der Waals surface area contributed by atoms with Gasteiger partial charge in [0.05, 0.1) is 6.61 Å². The van der Waals surface area contributed by atoms with Crippen LogP contribution in [0.4, 0.5) is 0 Å². The largest absolute Gasteiger partial charge is 0.395 e. The molecule has 0 aliphatic heterocycles. The first-order valence-corrected chi connectivity index (χ1v) is 5.36. The van der Waals surface area contributed by atoms with Crippen LogP contribution in [0.5, 0.6) is 0 Å². The van der Waals surface area contributed by atoms with Crippen LogP contribution in [0.15, 0.2) is 17.5 Å². The Kier molecular flexibility index (Phi) is 5.76. The van der Waals surface area contributed by atoms with Crippen molar-refractivity contribution in [1.82, 2.24) is 10.6 Å². The molecule has 0 aromatic carbocycles. The summed E-state index contributed by atoms with van der Waals surface area (Å²) in [6, 6.07) is 4.19. The van der Waals surface area contributed by atoms with Gasteiger partial charge in [0, 0.05) is 31.1 Å². The summed E-state index contributed by atoms with van der Waals surface area (Å²) >= 11 is 1.77. The second kappa shape index (κ2) is 7.03. The molecule has 3 nitrogen and oxygen atoms in total. The fourth-order valence-electron chi connectivity index (χ4n) is 1.01. The number of aliphatic hydroxyl groups excluding tert-OH is 1. The average Bonchev–Trinajstić information content (AvgIpc) is 2.63. The minimum atomic E-state index is 0.213. The second-order valence-corrected chi connectivity index (χ2v) is 3.76. The summed E-state index contributed by atoms with van der Waals surface area (Å²) in [4.78, 5) is 1.36. The minimum Gasteiger partial charge on any atom is -0.395 e. The molecule has 0 atom stereocenters. The first-order valence-electron chi connectivity index (χ1n) is 4.48. The fourth-order valence-corrected chi connectivity index (χ4v) is 1.68. The monoisotopic (exact) mass is 200 g/mol. The van der Waals surface area contributed by atoms with Crippen LogP contribution in [-0.2, 0) is 6.54 Å². The zero-order valence-corrected chi connectivity index (χ0v) is 8.44. The summed E-state index contributed by atoms with van der Waals surface area (Å²) in [5.41, 5.74) is 0. The van der Waals surface area contributed by atoms with Gasteiger partial charge in [0.2, 0.25) is 0 Å². The molecule has 1 aromatic heterocycles. The standard InChI is InChI=1S/C9H16N2OS/c12-6-5-10-3-4-11-8-9-2-1-7-13-9/h1-2,7,10-12H,3-6,8H2. The molecule has 1 rings (SSSR count). The SMILES string of the molecule is OCCNCCNCc1cccs1. The summed E-state index contributed by atoms with van der Waals surface area (Å²) < 4.78 is 0. The Hall–Kier alpha value is -0.420. The molecule has 0 fully saturated rings. The Morgan fingerprint density at radius 3 is 2.77 bits per heavy atom. The third-order valence-electron chi connectivity index (χ3n) is 1.65. The number of hydrogen-bond donors (Lipinski definition) is 3. The van der Waals surface area contributed by atoms with Gasteiger partial charge in [-0.25, -0.2) is 0 Å². The molecule has 0 radical (unpaired) electrons. The number of rotatable bonds is 7. The van der Waals surface area contributed by atoms with Crippen LogP contribution in [0.3, 0.4) is 0 Å². The molecule has 0 unspecified atom stereocenters. The van der Waals surface area contributed by atoms with Crippen LogP contribution in [-0.4, -0.2) is 31.3 Å². The van der Waals surface area contributed by atoms with E-state index >= 15 is 0 Å². The molecule has 0 saturated heterocycles. The molecular weight excluding hydrogens is 184 g/mol. The highest BCUT2D eigenvalue weighted by Gasteiger charge is 1.91. The molecule has 0 bridgehead atoms. The molecule has 0 aliphatic rings. The van der Waals surface area contributed by atoms with Crippen molar-refractivity contribution in [3.8, 4) is 0 Å². The molecule has 4 heteroatoms. The van der Waals surface area contributed by atoms with Crippen LogP contribution >= 0.6 is 11.3 Å². The van der Waals surface area contributed by atoms with Gasteiger partial charge in [0.1, 0.15) is 0 Å². The van der Waals surface area contributed by atoms with Crippen molar-refractivity contribution in [3.05, 3.63) is 22.4 Å². The number of hydrogen-bond acceptors (Lipinski definition) is 4.